The van der Waals surface area contributed by atoms with Crippen molar-refractivity contribution in [2.24, 2.45) is 0 Å². The number of Topliss-reactive ketones (excluding diaryl/α,β-unsaturated/α-hetero) is 1. The number of aromatic nitrogens is 4. The lowest BCUT2D eigenvalue weighted by molar-refractivity contribution is -0.124. The first-order valence-electron chi connectivity index (χ1n) is 8.34. The second-order valence-corrected chi connectivity index (χ2v) is 9.17. The zero-order valence-corrected chi connectivity index (χ0v) is 19.8. The third kappa shape index (κ3) is 5.99. The van der Waals surface area contributed by atoms with E-state index >= 15 is 0 Å². The fraction of sp³-hybridized carbons (Fsp3) is 0.632. The van der Waals surface area contributed by atoms with E-state index in [9.17, 15) is 9.90 Å². The van der Waals surface area contributed by atoms with Crippen molar-refractivity contribution in [1.82, 2.24) is 19.6 Å². The number of aliphatic hydroxyl groups excluding tert-OH is 1. The molecule has 6 nitrogen and oxygen atoms in total. The Balaban J connectivity index is 0.000000483. The van der Waals surface area contributed by atoms with Crippen LogP contribution in [0.15, 0.2) is 21.3 Å². The summed E-state index contributed by atoms with van der Waals surface area (Å²) in [6.07, 6.45) is 3.29. The normalized spacial score (nSPS) is 12.7. The van der Waals surface area contributed by atoms with Crippen LogP contribution in [0.3, 0.4) is 0 Å². The van der Waals surface area contributed by atoms with Crippen molar-refractivity contribution in [3.05, 3.63) is 32.7 Å². The molecule has 2 rings (SSSR count). The number of aliphatic hydroxyl groups is 1. The van der Waals surface area contributed by atoms with Crippen LogP contribution in [0.4, 0.5) is 0 Å². The molecule has 1 N–H and O–H groups in total. The van der Waals surface area contributed by atoms with Crippen molar-refractivity contribution in [2.75, 3.05) is 0 Å². The molecule has 0 saturated heterocycles. The van der Waals surface area contributed by atoms with E-state index in [1.807, 2.05) is 53.9 Å². The number of hydrogen-bond acceptors (Lipinski definition) is 4. The third-order valence-corrected chi connectivity index (χ3v) is 6.28. The van der Waals surface area contributed by atoms with Crippen molar-refractivity contribution >= 4 is 37.6 Å². The molecule has 0 saturated carbocycles. The maximum absolute atomic E-state index is 11.3. The smallest absolute Gasteiger partial charge is 0.156 e. The molecule has 1 atom stereocenters. The Labute approximate surface area is 179 Å². The van der Waals surface area contributed by atoms with E-state index in [0.717, 1.165) is 20.3 Å². The van der Waals surface area contributed by atoms with Gasteiger partial charge in [0.1, 0.15) is 5.54 Å². The fourth-order valence-corrected chi connectivity index (χ4v) is 2.36. The number of halogens is 2. The quantitative estimate of drug-likeness (QED) is 0.633. The Morgan fingerprint density at radius 1 is 1.04 bits per heavy atom. The van der Waals surface area contributed by atoms with Gasteiger partial charge in [-0.15, -0.1) is 0 Å². The van der Waals surface area contributed by atoms with Crippen LogP contribution in [0.25, 0.3) is 0 Å². The first-order valence-corrected chi connectivity index (χ1v) is 9.93. The van der Waals surface area contributed by atoms with Crippen molar-refractivity contribution in [3.8, 4) is 0 Å². The van der Waals surface area contributed by atoms with Crippen LogP contribution in [-0.4, -0.2) is 36.6 Å². The molecular weight excluding hydrogens is 476 g/mol. The molecule has 0 aliphatic carbocycles. The summed E-state index contributed by atoms with van der Waals surface area (Å²) in [6.45, 7) is 14.8. The van der Waals surface area contributed by atoms with E-state index in [1.54, 1.807) is 23.2 Å². The highest BCUT2D eigenvalue weighted by Gasteiger charge is 2.28. The molecule has 2 aromatic rings. The van der Waals surface area contributed by atoms with Gasteiger partial charge in [0.15, 0.2) is 5.78 Å². The van der Waals surface area contributed by atoms with Gasteiger partial charge in [0.25, 0.3) is 0 Å². The van der Waals surface area contributed by atoms with Gasteiger partial charge in [0, 0.05) is 12.4 Å². The van der Waals surface area contributed by atoms with Crippen LogP contribution in [0, 0.1) is 13.8 Å². The molecule has 0 bridgehead atoms. The summed E-state index contributed by atoms with van der Waals surface area (Å²) < 4.78 is 5.38. The van der Waals surface area contributed by atoms with Crippen LogP contribution < -0.4 is 0 Å². The monoisotopic (exact) mass is 506 g/mol. The standard InChI is InChI=1S/C9H15BrN2O.C9H13BrN2O.CH4/c2*1-6-8(10)5-12(11-6)9(3,4)7(2)13;/h5,7,13H,1-4H3;5H,1-4H3;1H4. The second kappa shape index (κ2) is 9.47. The van der Waals surface area contributed by atoms with Gasteiger partial charge in [-0.05, 0) is 87.2 Å². The molecule has 1 unspecified atom stereocenters. The fourth-order valence-electron chi connectivity index (χ4n) is 1.81. The lowest BCUT2D eigenvalue weighted by atomic mass is 9.99. The van der Waals surface area contributed by atoms with E-state index in [2.05, 4.69) is 42.1 Å². The average Bonchev–Trinajstić information content (AvgIpc) is 3.03. The van der Waals surface area contributed by atoms with Gasteiger partial charge >= 0.3 is 0 Å². The number of carbonyl (C=O) groups excluding carboxylic acids is 1. The van der Waals surface area contributed by atoms with Crippen LogP contribution in [0.1, 0.15) is 60.4 Å². The third-order valence-electron chi connectivity index (χ3n) is 4.73. The lowest BCUT2D eigenvalue weighted by Crippen LogP contribution is -2.38. The van der Waals surface area contributed by atoms with Crippen LogP contribution >= 0.6 is 31.9 Å². The highest BCUT2D eigenvalue weighted by molar-refractivity contribution is 9.10. The summed E-state index contributed by atoms with van der Waals surface area (Å²) in [6, 6.07) is 0. The number of hydrogen-bond donors (Lipinski definition) is 1. The topological polar surface area (TPSA) is 72.9 Å². The van der Waals surface area contributed by atoms with Crippen molar-refractivity contribution in [3.63, 3.8) is 0 Å². The first kappa shape index (κ1) is 26.0. The van der Waals surface area contributed by atoms with Gasteiger partial charge in [-0.3, -0.25) is 14.2 Å². The minimum absolute atomic E-state index is 0. The maximum atomic E-state index is 11.3. The molecule has 2 aromatic heterocycles. The highest BCUT2D eigenvalue weighted by atomic mass is 79.9. The summed E-state index contributed by atoms with van der Waals surface area (Å²) in [5.41, 5.74) is 0.913. The first-order chi connectivity index (χ1) is 11.7. The zero-order valence-electron chi connectivity index (χ0n) is 16.6. The van der Waals surface area contributed by atoms with Crippen LogP contribution in [-0.2, 0) is 15.9 Å². The van der Waals surface area contributed by atoms with Gasteiger partial charge < -0.3 is 5.11 Å². The van der Waals surface area contributed by atoms with Gasteiger partial charge in [-0.1, -0.05) is 7.43 Å². The van der Waals surface area contributed by atoms with E-state index < -0.39 is 11.6 Å². The minimum atomic E-state index is -0.559. The number of rotatable bonds is 4. The predicted octanol–water partition coefficient (Wildman–Crippen LogP) is 4.98. The highest BCUT2D eigenvalue weighted by Crippen LogP contribution is 2.23. The largest absolute Gasteiger partial charge is 0.391 e. The Hall–Kier alpha value is -0.990. The van der Waals surface area contributed by atoms with E-state index in [4.69, 9.17) is 0 Å². The molecule has 0 radical (unpaired) electrons. The summed E-state index contributed by atoms with van der Waals surface area (Å²) in [5, 5.41) is 18.1. The summed E-state index contributed by atoms with van der Waals surface area (Å²) in [5.74, 6) is 0.0995. The Bertz CT molecular complexity index is 738. The predicted molar refractivity (Wildman–Crippen MR) is 117 cm³/mol. The van der Waals surface area contributed by atoms with Crippen molar-refractivity contribution in [2.45, 2.75) is 80.0 Å². The van der Waals surface area contributed by atoms with Crippen LogP contribution in [0.2, 0.25) is 0 Å². The summed E-state index contributed by atoms with van der Waals surface area (Å²) in [7, 11) is 0. The van der Waals surface area contributed by atoms with Gasteiger partial charge in [-0.25, -0.2) is 0 Å². The molecule has 0 aliphatic heterocycles. The van der Waals surface area contributed by atoms with Gasteiger partial charge in [0.2, 0.25) is 0 Å². The van der Waals surface area contributed by atoms with Crippen LogP contribution in [0.5, 0.6) is 0 Å². The Kier molecular flexibility index (Phi) is 9.13. The number of carbonyl (C=O) groups is 1. The maximum Gasteiger partial charge on any atom is 0.156 e. The van der Waals surface area contributed by atoms with E-state index in [1.165, 1.54) is 0 Å². The molecule has 154 valence electrons. The number of aryl methyl sites for hydroxylation is 2. The van der Waals surface area contributed by atoms with Crippen molar-refractivity contribution in [1.29, 1.82) is 0 Å². The second-order valence-electron chi connectivity index (χ2n) is 7.46. The minimum Gasteiger partial charge on any atom is -0.391 e. The average molecular weight is 508 g/mol. The Morgan fingerprint density at radius 2 is 1.41 bits per heavy atom. The molecule has 0 aliphatic rings. The van der Waals surface area contributed by atoms with E-state index in [0.29, 0.717) is 0 Å². The lowest BCUT2D eigenvalue weighted by Gasteiger charge is -2.28. The Morgan fingerprint density at radius 3 is 1.67 bits per heavy atom. The zero-order chi connectivity index (χ0) is 20.4. The number of ketones is 1. The molecule has 0 amide bonds. The van der Waals surface area contributed by atoms with Crippen molar-refractivity contribution < 1.29 is 9.90 Å². The molecule has 2 heterocycles. The molecule has 0 spiro atoms. The molecule has 8 heteroatoms. The molecule has 0 fully saturated rings. The van der Waals surface area contributed by atoms with Gasteiger partial charge in [-0.2, -0.15) is 10.2 Å². The molecule has 0 aromatic carbocycles. The molecular formula is C19H32Br2N4O2. The molecule has 27 heavy (non-hydrogen) atoms. The summed E-state index contributed by atoms with van der Waals surface area (Å²) >= 11 is 6.76. The number of nitrogens with zero attached hydrogens (tertiary/aromatic N) is 4. The SMILES string of the molecule is C.CC(=O)C(C)(C)n1cc(Br)c(C)n1.Cc1nn(C(C)(C)C(C)O)cc1Br. The van der Waals surface area contributed by atoms with E-state index in [-0.39, 0.29) is 18.7 Å². The van der Waals surface area contributed by atoms with Gasteiger partial charge in [0.05, 0.1) is 32.0 Å². The summed E-state index contributed by atoms with van der Waals surface area (Å²) in [4.78, 5) is 11.3.